The molecule has 0 aliphatic carbocycles. The number of hydrogen-bond donors (Lipinski definition) is 1. The average Bonchev–Trinajstić information content (AvgIpc) is 3.12. The highest BCUT2D eigenvalue weighted by Gasteiger charge is 2.09. The number of aromatic nitrogens is 2. The second-order valence-electron chi connectivity index (χ2n) is 5.65. The monoisotopic (exact) mass is 341 g/mol. The Morgan fingerprint density at radius 3 is 2.50 bits per heavy atom. The van der Waals surface area contributed by atoms with Gasteiger partial charge in [-0.3, -0.25) is 4.79 Å². The Labute approximate surface area is 144 Å². The van der Waals surface area contributed by atoms with Gasteiger partial charge in [-0.25, -0.2) is 9.97 Å². The van der Waals surface area contributed by atoms with Crippen LogP contribution in [0.5, 0.6) is 0 Å². The summed E-state index contributed by atoms with van der Waals surface area (Å²) < 4.78 is 5.45. The first-order valence-corrected chi connectivity index (χ1v) is 8.60. The van der Waals surface area contributed by atoms with Gasteiger partial charge in [0.05, 0.1) is 29.4 Å². The Kier molecular flexibility index (Phi) is 4.76. The van der Waals surface area contributed by atoms with Gasteiger partial charge in [0.2, 0.25) is 11.8 Å². The van der Waals surface area contributed by atoms with E-state index in [1.165, 1.54) is 0 Å². The molecule has 3 rings (SSSR count). The fourth-order valence-corrected chi connectivity index (χ4v) is 2.95. The van der Waals surface area contributed by atoms with Gasteiger partial charge in [-0.2, -0.15) is 0 Å². The zero-order valence-electron chi connectivity index (χ0n) is 13.9. The molecule has 1 amide bonds. The second kappa shape index (κ2) is 6.97. The molecule has 6 heteroatoms. The molecule has 1 N–H and O–H groups in total. The van der Waals surface area contributed by atoms with E-state index in [9.17, 15) is 4.79 Å². The molecule has 2 aromatic heterocycles. The summed E-state index contributed by atoms with van der Waals surface area (Å²) in [6.07, 6.45) is 0.328. The predicted octanol–water partition coefficient (Wildman–Crippen LogP) is 3.58. The van der Waals surface area contributed by atoms with Gasteiger partial charge in [0.15, 0.2) is 0 Å². The Hall–Kier alpha value is -2.47. The van der Waals surface area contributed by atoms with Crippen LogP contribution in [-0.2, 0) is 17.8 Å². The topological polar surface area (TPSA) is 68.0 Å². The summed E-state index contributed by atoms with van der Waals surface area (Å²) in [5, 5.41) is 5.92. The van der Waals surface area contributed by atoms with Gasteiger partial charge in [-0.1, -0.05) is 24.3 Å². The summed E-state index contributed by atoms with van der Waals surface area (Å²) in [6.45, 7) is 6.04. The molecule has 1 aromatic carbocycles. The summed E-state index contributed by atoms with van der Waals surface area (Å²) in [6, 6.07) is 7.92. The summed E-state index contributed by atoms with van der Waals surface area (Å²) in [4.78, 5) is 20.8. The quantitative estimate of drug-likeness (QED) is 0.770. The lowest BCUT2D eigenvalue weighted by Crippen LogP contribution is -2.24. The molecule has 0 atom stereocenters. The number of rotatable bonds is 5. The van der Waals surface area contributed by atoms with Gasteiger partial charge in [0.25, 0.3) is 0 Å². The van der Waals surface area contributed by atoms with Crippen molar-refractivity contribution in [2.75, 3.05) is 0 Å². The largest absolute Gasteiger partial charge is 0.444 e. The van der Waals surface area contributed by atoms with Crippen LogP contribution < -0.4 is 5.32 Å². The Morgan fingerprint density at radius 2 is 1.92 bits per heavy atom. The highest BCUT2D eigenvalue weighted by atomic mass is 32.1. The maximum atomic E-state index is 12.0. The standard InChI is InChI=1S/C18H19N3O2S/c1-11-12(2)23-18(20-11)9-19-17(22)8-14-4-6-15(7-5-14)16-10-24-13(3)21-16/h4-7,10H,8-9H2,1-3H3,(H,19,22). The molecule has 0 saturated heterocycles. The van der Waals surface area contributed by atoms with Gasteiger partial charge < -0.3 is 9.73 Å². The van der Waals surface area contributed by atoms with Crippen molar-refractivity contribution in [2.45, 2.75) is 33.7 Å². The molecule has 0 unspecified atom stereocenters. The SMILES string of the molecule is Cc1nc(-c2ccc(CC(=O)NCc3nc(C)c(C)o3)cc2)cs1. The first-order valence-electron chi connectivity index (χ1n) is 7.72. The Morgan fingerprint density at radius 1 is 1.17 bits per heavy atom. The molecule has 0 aliphatic rings. The maximum absolute atomic E-state index is 12.0. The number of benzene rings is 1. The Balaban J connectivity index is 1.56. The van der Waals surface area contributed by atoms with Crippen LogP contribution in [0.25, 0.3) is 11.3 Å². The lowest BCUT2D eigenvalue weighted by atomic mass is 10.1. The summed E-state index contributed by atoms with van der Waals surface area (Å²) in [5.74, 6) is 1.26. The molecule has 0 radical (unpaired) electrons. The number of hydrogen-bond acceptors (Lipinski definition) is 5. The van der Waals surface area contributed by atoms with E-state index in [0.717, 1.165) is 33.3 Å². The van der Waals surface area contributed by atoms with Crippen molar-refractivity contribution >= 4 is 17.2 Å². The van der Waals surface area contributed by atoms with E-state index in [0.29, 0.717) is 18.9 Å². The minimum atomic E-state index is -0.0549. The molecule has 0 aliphatic heterocycles. The van der Waals surface area contributed by atoms with E-state index in [1.807, 2.05) is 50.4 Å². The van der Waals surface area contributed by atoms with Crippen LogP contribution in [0.2, 0.25) is 0 Å². The molecule has 0 saturated carbocycles. The van der Waals surface area contributed by atoms with Crippen molar-refractivity contribution in [2.24, 2.45) is 0 Å². The van der Waals surface area contributed by atoms with Crippen LogP contribution in [0.3, 0.4) is 0 Å². The molecule has 124 valence electrons. The maximum Gasteiger partial charge on any atom is 0.224 e. The number of carbonyl (C=O) groups is 1. The lowest BCUT2D eigenvalue weighted by Gasteiger charge is -2.04. The zero-order chi connectivity index (χ0) is 17.1. The van der Waals surface area contributed by atoms with Gasteiger partial charge >= 0.3 is 0 Å². The summed E-state index contributed by atoms with van der Waals surface area (Å²) in [5.41, 5.74) is 3.85. The fraction of sp³-hybridized carbons (Fsp3) is 0.278. The molecule has 3 aromatic rings. The number of nitrogens with one attached hydrogen (secondary N) is 1. The van der Waals surface area contributed by atoms with Crippen LogP contribution in [-0.4, -0.2) is 15.9 Å². The molecule has 0 spiro atoms. The number of thiazole rings is 1. The minimum Gasteiger partial charge on any atom is -0.444 e. The normalized spacial score (nSPS) is 10.8. The van der Waals surface area contributed by atoms with E-state index in [1.54, 1.807) is 11.3 Å². The number of carbonyl (C=O) groups excluding carboxylic acids is 1. The van der Waals surface area contributed by atoms with E-state index in [4.69, 9.17) is 4.42 Å². The van der Waals surface area contributed by atoms with E-state index in [2.05, 4.69) is 15.3 Å². The van der Waals surface area contributed by atoms with E-state index < -0.39 is 0 Å². The molecule has 5 nitrogen and oxygen atoms in total. The predicted molar refractivity (Wildman–Crippen MR) is 93.8 cm³/mol. The molecular formula is C18H19N3O2S. The van der Waals surface area contributed by atoms with Crippen molar-refractivity contribution in [1.29, 1.82) is 0 Å². The molecule has 2 heterocycles. The lowest BCUT2D eigenvalue weighted by molar-refractivity contribution is -0.120. The van der Waals surface area contributed by atoms with Gasteiger partial charge in [0, 0.05) is 10.9 Å². The van der Waals surface area contributed by atoms with Crippen molar-refractivity contribution in [3.05, 3.63) is 57.6 Å². The summed E-state index contributed by atoms with van der Waals surface area (Å²) in [7, 11) is 0. The van der Waals surface area contributed by atoms with Crippen molar-refractivity contribution < 1.29 is 9.21 Å². The average molecular weight is 341 g/mol. The van der Waals surface area contributed by atoms with Crippen molar-refractivity contribution in [3.63, 3.8) is 0 Å². The first-order chi connectivity index (χ1) is 11.5. The zero-order valence-corrected chi connectivity index (χ0v) is 14.7. The third-order valence-corrected chi connectivity index (χ3v) is 4.52. The number of amides is 1. The van der Waals surface area contributed by atoms with Crippen LogP contribution in [0.4, 0.5) is 0 Å². The number of oxazole rings is 1. The molecule has 24 heavy (non-hydrogen) atoms. The third kappa shape index (κ3) is 3.89. The van der Waals surface area contributed by atoms with Crippen molar-refractivity contribution in [3.8, 4) is 11.3 Å². The third-order valence-electron chi connectivity index (χ3n) is 3.74. The minimum absolute atomic E-state index is 0.0549. The van der Waals surface area contributed by atoms with Gasteiger partial charge in [-0.05, 0) is 26.3 Å². The van der Waals surface area contributed by atoms with Gasteiger partial charge in [0.1, 0.15) is 5.76 Å². The van der Waals surface area contributed by atoms with Crippen molar-refractivity contribution in [1.82, 2.24) is 15.3 Å². The molecule has 0 fully saturated rings. The first kappa shape index (κ1) is 16.4. The van der Waals surface area contributed by atoms with Gasteiger partial charge in [-0.15, -0.1) is 11.3 Å². The van der Waals surface area contributed by atoms with Crippen LogP contribution in [0.15, 0.2) is 34.1 Å². The van der Waals surface area contributed by atoms with E-state index >= 15 is 0 Å². The van der Waals surface area contributed by atoms with Crippen LogP contribution >= 0.6 is 11.3 Å². The van der Waals surface area contributed by atoms with Crippen LogP contribution in [0.1, 0.15) is 27.9 Å². The molecule has 0 bridgehead atoms. The number of nitrogens with zero attached hydrogens (tertiary/aromatic N) is 2. The number of aryl methyl sites for hydroxylation is 3. The van der Waals surface area contributed by atoms with Crippen LogP contribution in [0, 0.1) is 20.8 Å². The fourth-order valence-electron chi connectivity index (χ4n) is 2.33. The smallest absolute Gasteiger partial charge is 0.224 e. The highest BCUT2D eigenvalue weighted by molar-refractivity contribution is 7.09. The second-order valence-corrected chi connectivity index (χ2v) is 6.71. The molecular weight excluding hydrogens is 322 g/mol. The van der Waals surface area contributed by atoms with E-state index in [-0.39, 0.29) is 5.91 Å². The highest BCUT2D eigenvalue weighted by Crippen LogP contribution is 2.21. The summed E-state index contributed by atoms with van der Waals surface area (Å²) >= 11 is 1.63. The Bertz CT molecular complexity index is 830.